The summed E-state index contributed by atoms with van der Waals surface area (Å²) in [7, 11) is 3.64. The summed E-state index contributed by atoms with van der Waals surface area (Å²) in [6.07, 6.45) is -0.430. The van der Waals surface area contributed by atoms with E-state index in [4.69, 9.17) is 14.2 Å². The fourth-order valence-corrected chi connectivity index (χ4v) is 3.02. The smallest absolute Gasteiger partial charge is 0.161 e. The first-order valence-electron chi connectivity index (χ1n) is 8.47. The van der Waals surface area contributed by atoms with Gasteiger partial charge in [0.05, 0.1) is 32.5 Å². The molecular weight excluding hydrogens is 318 g/mol. The van der Waals surface area contributed by atoms with Gasteiger partial charge in [-0.15, -0.1) is 0 Å². The minimum Gasteiger partial charge on any atom is -0.493 e. The van der Waals surface area contributed by atoms with Crippen molar-refractivity contribution in [3.05, 3.63) is 59.7 Å². The molecule has 2 aromatic rings. The van der Waals surface area contributed by atoms with Crippen LogP contribution in [0.25, 0.3) is 0 Å². The SMILES string of the molecule is COc1cc(CN(C)C2COCC2O)ccc1OCc1ccccc1. The third-order valence-corrected chi connectivity index (χ3v) is 4.48. The molecule has 1 fully saturated rings. The second-order valence-corrected chi connectivity index (χ2v) is 6.35. The molecule has 0 spiro atoms. The molecule has 0 amide bonds. The van der Waals surface area contributed by atoms with Crippen molar-refractivity contribution in [3.63, 3.8) is 0 Å². The lowest BCUT2D eigenvalue weighted by Gasteiger charge is -2.25. The summed E-state index contributed by atoms with van der Waals surface area (Å²) in [5.41, 5.74) is 2.22. The van der Waals surface area contributed by atoms with Crippen LogP contribution in [-0.2, 0) is 17.9 Å². The molecular formula is C20H25NO4. The predicted octanol–water partition coefficient (Wildman–Crippen LogP) is 2.47. The second kappa shape index (κ2) is 8.34. The van der Waals surface area contributed by atoms with Gasteiger partial charge in [0.15, 0.2) is 11.5 Å². The van der Waals surface area contributed by atoms with Gasteiger partial charge in [0.1, 0.15) is 6.61 Å². The van der Waals surface area contributed by atoms with E-state index in [1.807, 2.05) is 55.6 Å². The van der Waals surface area contributed by atoms with E-state index in [9.17, 15) is 5.11 Å². The number of nitrogens with zero attached hydrogens (tertiary/aromatic N) is 1. The molecule has 5 heteroatoms. The van der Waals surface area contributed by atoms with Crippen molar-refractivity contribution in [1.29, 1.82) is 0 Å². The number of aliphatic hydroxyl groups excluding tert-OH is 1. The summed E-state index contributed by atoms with van der Waals surface area (Å²) in [5.74, 6) is 1.44. The maximum Gasteiger partial charge on any atom is 0.161 e. The monoisotopic (exact) mass is 343 g/mol. The van der Waals surface area contributed by atoms with E-state index in [0.717, 1.165) is 16.9 Å². The van der Waals surface area contributed by atoms with Gasteiger partial charge in [-0.05, 0) is 30.3 Å². The van der Waals surface area contributed by atoms with Gasteiger partial charge in [-0.2, -0.15) is 0 Å². The fourth-order valence-electron chi connectivity index (χ4n) is 3.02. The topological polar surface area (TPSA) is 51.2 Å². The molecule has 2 aromatic carbocycles. The molecule has 0 aliphatic carbocycles. The highest BCUT2D eigenvalue weighted by atomic mass is 16.5. The summed E-state index contributed by atoms with van der Waals surface area (Å²) in [4.78, 5) is 2.11. The van der Waals surface area contributed by atoms with E-state index in [1.165, 1.54) is 0 Å². The molecule has 25 heavy (non-hydrogen) atoms. The lowest BCUT2D eigenvalue weighted by Crippen LogP contribution is -2.39. The Hall–Kier alpha value is -2.08. The third kappa shape index (κ3) is 4.51. The quantitative estimate of drug-likeness (QED) is 0.837. The second-order valence-electron chi connectivity index (χ2n) is 6.35. The van der Waals surface area contributed by atoms with Crippen LogP contribution < -0.4 is 9.47 Å². The molecule has 1 aliphatic heterocycles. The van der Waals surface area contributed by atoms with Crippen LogP contribution in [-0.4, -0.2) is 49.5 Å². The average molecular weight is 343 g/mol. The Morgan fingerprint density at radius 3 is 2.56 bits per heavy atom. The number of benzene rings is 2. The van der Waals surface area contributed by atoms with E-state index < -0.39 is 6.10 Å². The number of hydrogen-bond donors (Lipinski definition) is 1. The molecule has 3 rings (SSSR count). The zero-order valence-corrected chi connectivity index (χ0v) is 14.7. The fraction of sp³-hybridized carbons (Fsp3) is 0.400. The highest BCUT2D eigenvalue weighted by molar-refractivity contribution is 5.43. The Labute approximate surface area is 148 Å². The van der Waals surface area contributed by atoms with Crippen molar-refractivity contribution in [2.24, 2.45) is 0 Å². The van der Waals surface area contributed by atoms with Gasteiger partial charge in [0.25, 0.3) is 0 Å². The van der Waals surface area contributed by atoms with E-state index in [-0.39, 0.29) is 6.04 Å². The molecule has 1 aliphatic rings. The summed E-state index contributed by atoms with van der Waals surface area (Å²) < 4.78 is 16.7. The van der Waals surface area contributed by atoms with Crippen LogP contribution in [0.15, 0.2) is 48.5 Å². The molecule has 0 bridgehead atoms. The lowest BCUT2D eigenvalue weighted by molar-refractivity contribution is 0.0925. The van der Waals surface area contributed by atoms with Crippen LogP contribution in [0.2, 0.25) is 0 Å². The maximum atomic E-state index is 9.95. The van der Waals surface area contributed by atoms with Crippen molar-refractivity contribution in [3.8, 4) is 11.5 Å². The van der Waals surface area contributed by atoms with Crippen molar-refractivity contribution in [2.45, 2.75) is 25.3 Å². The largest absolute Gasteiger partial charge is 0.493 e. The van der Waals surface area contributed by atoms with Crippen LogP contribution in [0.3, 0.4) is 0 Å². The van der Waals surface area contributed by atoms with Gasteiger partial charge >= 0.3 is 0 Å². The van der Waals surface area contributed by atoms with Crippen LogP contribution in [0.5, 0.6) is 11.5 Å². The van der Waals surface area contributed by atoms with Gasteiger partial charge < -0.3 is 19.3 Å². The standard InChI is InChI=1S/C20H25NO4/c1-21(17-13-24-14-18(17)22)11-16-8-9-19(20(10-16)23-2)25-12-15-6-4-3-5-7-15/h3-10,17-18,22H,11-14H2,1-2H3. The highest BCUT2D eigenvalue weighted by Crippen LogP contribution is 2.29. The number of ether oxygens (including phenoxy) is 3. The first-order valence-corrected chi connectivity index (χ1v) is 8.47. The van der Waals surface area contributed by atoms with Gasteiger partial charge in [-0.1, -0.05) is 36.4 Å². The van der Waals surface area contributed by atoms with Crippen molar-refractivity contribution in [2.75, 3.05) is 27.4 Å². The molecule has 0 aromatic heterocycles. The van der Waals surface area contributed by atoms with Crippen molar-refractivity contribution in [1.82, 2.24) is 4.90 Å². The van der Waals surface area contributed by atoms with E-state index in [0.29, 0.717) is 32.1 Å². The Morgan fingerprint density at radius 2 is 1.88 bits per heavy atom. The van der Waals surface area contributed by atoms with Crippen LogP contribution >= 0.6 is 0 Å². The van der Waals surface area contributed by atoms with Crippen LogP contribution in [0.1, 0.15) is 11.1 Å². The Bertz CT molecular complexity index is 677. The number of likely N-dealkylation sites (N-methyl/N-ethyl adjacent to an activating group) is 1. The first kappa shape index (κ1) is 17.7. The average Bonchev–Trinajstić information content (AvgIpc) is 3.07. The lowest BCUT2D eigenvalue weighted by atomic mass is 10.1. The molecule has 5 nitrogen and oxygen atoms in total. The number of hydrogen-bond acceptors (Lipinski definition) is 5. The van der Waals surface area contributed by atoms with Crippen LogP contribution in [0, 0.1) is 0 Å². The number of rotatable bonds is 7. The third-order valence-electron chi connectivity index (χ3n) is 4.48. The molecule has 0 saturated carbocycles. The number of methoxy groups -OCH3 is 1. The van der Waals surface area contributed by atoms with E-state index in [1.54, 1.807) is 7.11 Å². The van der Waals surface area contributed by atoms with E-state index in [2.05, 4.69) is 4.90 Å². The van der Waals surface area contributed by atoms with Gasteiger partial charge in [0, 0.05) is 6.54 Å². The Kier molecular flexibility index (Phi) is 5.91. The molecule has 0 radical (unpaired) electrons. The summed E-state index contributed by atoms with van der Waals surface area (Å²) in [6.45, 7) is 2.18. The number of aliphatic hydroxyl groups is 1. The molecule has 2 unspecified atom stereocenters. The highest BCUT2D eigenvalue weighted by Gasteiger charge is 2.29. The Balaban J connectivity index is 1.64. The van der Waals surface area contributed by atoms with Crippen molar-refractivity contribution >= 4 is 0 Å². The van der Waals surface area contributed by atoms with Gasteiger partial charge in [-0.3, -0.25) is 4.90 Å². The zero-order chi connectivity index (χ0) is 17.6. The summed E-state index contributed by atoms with van der Waals surface area (Å²) in [5, 5.41) is 9.95. The summed E-state index contributed by atoms with van der Waals surface area (Å²) in [6, 6.07) is 16.0. The normalized spacial score (nSPS) is 20.0. The Morgan fingerprint density at radius 1 is 1.08 bits per heavy atom. The molecule has 1 N–H and O–H groups in total. The first-order chi connectivity index (χ1) is 12.2. The molecule has 2 atom stereocenters. The maximum absolute atomic E-state index is 9.95. The minimum atomic E-state index is -0.430. The van der Waals surface area contributed by atoms with Gasteiger partial charge in [-0.25, -0.2) is 0 Å². The van der Waals surface area contributed by atoms with Crippen molar-refractivity contribution < 1.29 is 19.3 Å². The van der Waals surface area contributed by atoms with Crippen LogP contribution in [0.4, 0.5) is 0 Å². The molecule has 1 saturated heterocycles. The summed E-state index contributed by atoms with van der Waals surface area (Å²) >= 11 is 0. The van der Waals surface area contributed by atoms with E-state index >= 15 is 0 Å². The molecule has 1 heterocycles. The van der Waals surface area contributed by atoms with Gasteiger partial charge in [0.2, 0.25) is 0 Å². The molecule has 134 valence electrons. The zero-order valence-electron chi connectivity index (χ0n) is 14.7. The predicted molar refractivity (Wildman–Crippen MR) is 95.8 cm³/mol. The minimum absolute atomic E-state index is 0.0278.